The van der Waals surface area contributed by atoms with Gasteiger partial charge in [-0.3, -0.25) is 0 Å². The largest absolute Gasteiger partial charge is 0.497 e. The number of nitrogens with zero attached hydrogens (tertiary/aromatic N) is 1. The first-order chi connectivity index (χ1) is 9.76. The molecule has 0 saturated heterocycles. The third-order valence-corrected chi connectivity index (χ3v) is 3.35. The molecule has 0 aliphatic carbocycles. The molecule has 0 saturated carbocycles. The SMILES string of the molecule is CCN(Cc1ccc(OC)cc1)c1ccc(OC)cc1. The van der Waals surface area contributed by atoms with Crippen LogP contribution >= 0.6 is 0 Å². The van der Waals surface area contributed by atoms with Crippen LogP contribution in [-0.2, 0) is 6.54 Å². The number of hydrogen-bond donors (Lipinski definition) is 0. The van der Waals surface area contributed by atoms with E-state index in [1.54, 1.807) is 14.2 Å². The van der Waals surface area contributed by atoms with Gasteiger partial charge in [-0.15, -0.1) is 0 Å². The van der Waals surface area contributed by atoms with Crippen LogP contribution in [0.3, 0.4) is 0 Å². The summed E-state index contributed by atoms with van der Waals surface area (Å²) in [4.78, 5) is 2.32. The monoisotopic (exact) mass is 271 g/mol. The molecule has 0 aromatic heterocycles. The average Bonchev–Trinajstić information content (AvgIpc) is 2.53. The van der Waals surface area contributed by atoms with Gasteiger partial charge in [0.1, 0.15) is 11.5 Å². The molecule has 3 heteroatoms. The van der Waals surface area contributed by atoms with Crippen molar-refractivity contribution in [3.8, 4) is 11.5 Å². The third kappa shape index (κ3) is 3.44. The van der Waals surface area contributed by atoms with Crippen molar-refractivity contribution in [2.45, 2.75) is 13.5 Å². The van der Waals surface area contributed by atoms with Crippen LogP contribution in [0.2, 0.25) is 0 Å². The van der Waals surface area contributed by atoms with Crippen molar-refractivity contribution < 1.29 is 9.47 Å². The molecule has 2 rings (SSSR count). The quantitative estimate of drug-likeness (QED) is 0.799. The van der Waals surface area contributed by atoms with Gasteiger partial charge in [-0.2, -0.15) is 0 Å². The van der Waals surface area contributed by atoms with Crippen molar-refractivity contribution in [2.75, 3.05) is 25.7 Å². The van der Waals surface area contributed by atoms with Crippen LogP contribution in [0, 0.1) is 0 Å². The van der Waals surface area contributed by atoms with E-state index in [9.17, 15) is 0 Å². The highest BCUT2D eigenvalue weighted by Crippen LogP contribution is 2.21. The van der Waals surface area contributed by atoms with Crippen molar-refractivity contribution in [1.29, 1.82) is 0 Å². The molecule has 3 nitrogen and oxygen atoms in total. The Morgan fingerprint density at radius 3 is 1.75 bits per heavy atom. The minimum atomic E-state index is 0.882. The molecule has 0 radical (unpaired) electrons. The molecule has 0 fully saturated rings. The second-order valence-corrected chi connectivity index (χ2v) is 4.56. The fraction of sp³-hybridized carbons (Fsp3) is 0.294. The summed E-state index contributed by atoms with van der Waals surface area (Å²) in [5, 5.41) is 0. The summed E-state index contributed by atoms with van der Waals surface area (Å²) in [5.74, 6) is 1.77. The Hall–Kier alpha value is -2.16. The molecule has 20 heavy (non-hydrogen) atoms. The second-order valence-electron chi connectivity index (χ2n) is 4.56. The highest BCUT2D eigenvalue weighted by atomic mass is 16.5. The van der Waals surface area contributed by atoms with Crippen molar-refractivity contribution in [2.24, 2.45) is 0 Å². The molecule has 0 amide bonds. The molecule has 2 aromatic rings. The van der Waals surface area contributed by atoms with E-state index in [2.05, 4.69) is 36.1 Å². The number of hydrogen-bond acceptors (Lipinski definition) is 3. The van der Waals surface area contributed by atoms with Gasteiger partial charge in [-0.05, 0) is 48.9 Å². The normalized spacial score (nSPS) is 10.2. The standard InChI is InChI=1S/C17H21NO2/c1-4-18(15-7-11-17(20-3)12-8-15)13-14-5-9-16(19-2)10-6-14/h5-12H,4,13H2,1-3H3. The lowest BCUT2D eigenvalue weighted by molar-refractivity contribution is 0.414. The summed E-state index contributed by atoms with van der Waals surface area (Å²) in [7, 11) is 3.37. The number of benzene rings is 2. The van der Waals surface area contributed by atoms with E-state index in [1.807, 2.05) is 24.3 Å². The molecule has 0 spiro atoms. The molecular weight excluding hydrogens is 250 g/mol. The maximum absolute atomic E-state index is 5.19. The fourth-order valence-corrected chi connectivity index (χ4v) is 2.13. The van der Waals surface area contributed by atoms with Crippen LogP contribution < -0.4 is 14.4 Å². The van der Waals surface area contributed by atoms with Crippen molar-refractivity contribution in [3.05, 3.63) is 54.1 Å². The second kappa shape index (κ2) is 6.85. The minimum absolute atomic E-state index is 0.882. The molecule has 0 aliphatic heterocycles. The van der Waals surface area contributed by atoms with Gasteiger partial charge in [0.25, 0.3) is 0 Å². The Morgan fingerprint density at radius 1 is 0.800 bits per heavy atom. The smallest absolute Gasteiger partial charge is 0.119 e. The van der Waals surface area contributed by atoms with Crippen molar-refractivity contribution in [1.82, 2.24) is 0 Å². The lowest BCUT2D eigenvalue weighted by Gasteiger charge is -2.23. The molecule has 0 bridgehead atoms. The van der Waals surface area contributed by atoms with Crippen LogP contribution in [-0.4, -0.2) is 20.8 Å². The maximum Gasteiger partial charge on any atom is 0.119 e. The predicted molar refractivity (Wildman–Crippen MR) is 82.7 cm³/mol. The molecule has 0 N–H and O–H groups in total. The summed E-state index contributed by atoms with van der Waals surface area (Å²) in [6.07, 6.45) is 0. The summed E-state index contributed by atoms with van der Waals surface area (Å²) >= 11 is 0. The first-order valence-electron chi connectivity index (χ1n) is 6.78. The third-order valence-electron chi connectivity index (χ3n) is 3.35. The zero-order chi connectivity index (χ0) is 14.4. The van der Waals surface area contributed by atoms with Crippen LogP contribution in [0.1, 0.15) is 12.5 Å². The first-order valence-corrected chi connectivity index (χ1v) is 6.78. The van der Waals surface area contributed by atoms with E-state index in [0.717, 1.165) is 24.6 Å². The maximum atomic E-state index is 5.19. The zero-order valence-electron chi connectivity index (χ0n) is 12.3. The summed E-state index contributed by atoms with van der Waals surface area (Å²) in [6.45, 7) is 4.00. The van der Waals surface area contributed by atoms with Crippen molar-refractivity contribution >= 4 is 5.69 Å². The molecule has 106 valence electrons. The van der Waals surface area contributed by atoms with Crippen LogP contribution in [0.25, 0.3) is 0 Å². The first kappa shape index (κ1) is 14.3. The van der Waals surface area contributed by atoms with Crippen LogP contribution in [0.15, 0.2) is 48.5 Å². The Labute approximate surface area is 120 Å². The Bertz CT molecular complexity index is 520. The van der Waals surface area contributed by atoms with Gasteiger partial charge in [-0.25, -0.2) is 0 Å². The molecule has 2 aromatic carbocycles. The molecule has 0 atom stereocenters. The highest BCUT2D eigenvalue weighted by Gasteiger charge is 2.05. The summed E-state index contributed by atoms with van der Waals surface area (Å²) in [6, 6.07) is 16.4. The molecule has 0 unspecified atom stereocenters. The number of anilines is 1. The Balaban J connectivity index is 2.10. The summed E-state index contributed by atoms with van der Waals surface area (Å²) in [5.41, 5.74) is 2.47. The predicted octanol–water partition coefficient (Wildman–Crippen LogP) is 3.73. The molecule has 0 aliphatic rings. The fourth-order valence-electron chi connectivity index (χ4n) is 2.13. The van der Waals surface area contributed by atoms with Crippen molar-refractivity contribution in [3.63, 3.8) is 0 Å². The molecular formula is C17H21NO2. The highest BCUT2D eigenvalue weighted by molar-refractivity contribution is 5.49. The van der Waals surface area contributed by atoms with Gasteiger partial charge < -0.3 is 14.4 Å². The van der Waals surface area contributed by atoms with Crippen LogP contribution in [0.5, 0.6) is 11.5 Å². The minimum Gasteiger partial charge on any atom is -0.497 e. The zero-order valence-corrected chi connectivity index (χ0v) is 12.3. The van der Waals surface area contributed by atoms with Gasteiger partial charge in [0.05, 0.1) is 14.2 Å². The van der Waals surface area contributed by atoms with Gasteiger partial charge in [0, 0.05) is 18.8 Å². The van der Waals surface area contributed by atoms with E-state index in [-0.39, 0.29) is 0 Å². The van der Waals surface area contributed by atoms with Crippen LogP contribution in [0.4, 0.5) is 5.69 Å². The number of rotatable bonds is 6. The van der Waals surface area contributed by atoms with Gasteiger partial charge >= 0.3 is 0 Å². The number of ether oxygens (including phenoxy) is 2. The van der Waals surface area contributed by atoms with E-state index in [1.165, 1.54) is 11.3 Å². The lowest BCUT2D eigenvalue weighted by atomic mass is 10.2. The number of methoxy groups -OCH3 is 2. The Morgan fingerprint density at radius 2 is 1.30 bits per heavy atom. The van der Waals surface area contributed by atoms with E-state index in [4.69, 9.17) is 9.47 Å². The van der Waals surface area contributed by atoms with Gasteiger partial charge in [0.15, 0.2) is 0 Å². The topological polar surface area (TPSA) is 21.7 Å². The lowest BCUT2D eigenvalue weighted by Crippen LogP contribution is -2.21. The van der Waals surface area contributed by atoms with Gasteiger partial charge in [0.2, 0.25) is 0 Å². The van der Waals surface area contributed by atoms with Gasteiger partial charge in [-0.1, -0.05) is 12.1 Å². The Kier molecular flexibility index (Phi) is 4.88. The summed E-state index contributed by atoms with van der Waals surface area (Å²) < 4.78 is 10.4. The average molecular weight is 271 g/mol. The molecule has 0 heterocycles. The van der Waals surface area contributed by atoms with E-state index >= 15 is 0 Å². The van der Waals surface area contributed by atoms with E-state index < -0.39 is 0 Å². The van der Waals surface area contributed by atoms with E-state index in [0.29, 0.717) is 0 Å².